The summed E-state index contributed by atoms with van der Waals surface area (Å²) >= 11 is 1.15. The average Bonchev–Trinajstić information content (AvgIpc) is 3.13. The number of rotatable bonds is 4. The number of benzene rings is 1. The maximum Gasteiger partial charge on any atom is 0.416 e. The van der Waals surface area contributed by atoms with E-state index in [1.54, 1.807) is 6.07 Å². The molecule has 1 aromatic carbocycles. The van der Waals surface area contributed by atoms with E-state index in [9.17, 15) is 26.4 Å². The van der Waals surface area contributed by atoms with Crippen molar-refractivity contribution < 1.29 is 26.4 Å². The number of halogens is 3. The Morgan fingerprint density at radius 3 is 2.77 bits per heavy atom. The van der Waals surface area contributed by atoms with Crippen LogP contribution in [0.2, 0.25) is 0 Å². The van der Waals surface area contributed by atoms with Crippen LogP contribution in [0.5, 0.6) is 0 Å². The van der Waals surface area contributed by atoms with Gasteiger partial charge in [-0.1, -0.05) is 18.2 Å². The maximum atomic E-state index is 12.8. The number of sulfone groups is 1. The van der Waals surface area contributed by atoms with Gasteiger partial charge in [0, 0.05) is 17.5 Å². The molecule has 1 aromatic heterocycles. The highest BCUT2D eigenvalue weighted by Crippen LogP contribution is 2.31. The van der Waals surface area contributed by atoms with Crippen LogP contribution < -0.4 is 5.32 Å². The quantitative estimate of drug-likeness (QED) is 0.850. The standard InChI is InChI=1S/C16H15F3N2O3S2/c17-16(18,19)12-3-1-2-10(6-12)7-13-8-20-15(25-13)21-14(22)11-4-5-26(23,24)9-11/h1-3,6,8,11H,4-5,7,9H2,(H,20,21,22). The van der Waals surface area contributed by atoms with E-state index < -0.39 is 33.4 Å². The number of nitrogens with zero attached hydrogens (tertiary/aromatic N) is 1. The largest absolute Gasteiger partial charge is 0.416 e. The van der Waals surface area contributed by atoms with E-state index in [4.69, 9.17) is 0 Å². The number of hydrogen-bond acceptors (Lipinski definition) is 5. The molecule has 0 spiro atoms. The van der Waals surface area contributed by atoms with Crippen LogP contribution >= 0.6 is 11.3 Å². The lowest BCUT2D eigenvalue weighted by Gasteiger charge is -2.08. The van der Waals surface area contributed by atoms with E-state index in [1.165, 1.54) is 12.3 Å². The van der Waals surface area contributed by atoms with Crippen molar-refractivity contribution in [2.24, 2.45) is 5.92 Å². The molecule has 1 atom stereocenters. The monoisotopic (exact) mass is 404 g/mol. The lowest BCUT2D eigenvalue weighted by atomic mass is 10.1. The molecule has 2 aromatic rings. The molecular formula is C16H15F3N2O3S2. The van der Waals surface area contributed by atoms with Crippen molar-refractivity contribution in [2.75, 3.05) is 16.8 Å². The Bertz CT molecular complexity index is 923. The van der Waals surface area contributed by atoms with Crippen molar-refractivity contribution in [3.63, 3.8) is 0 Å². The minimum Gasteiger partial charge on any atom is -0.302 e. The highest BCUT2D eigenvalue weighted by atomic mass is 32.2. The van der Waals surface area contributed by atoms with Crippen LogP contribution in [-0.4, -0.2) is 30.8 Å². The lowest BCUT2D eigenvalue weighted by molar-refractivity contribution is -0.137. The Morgan fingerprint density at radius 2 is 2.12 bits per heavy atom. The highest BCUT2D eigenvalue weighted by molar-refractivity contribution is 7.91. The first-order valence-corrected chi connectivity index (χ1v) is 10.4. The van der Waals surface area contributed by atoms with Crippen LogP contribution in [-0.2, 0) is 27.2 Å². The molecular weight excluding hydrogens is 389 g/mol. The van der Waals surface area contributed by atoms with Crippen LogP contribution in [0.15, 0.2) is 30.5 Å². The van der Waals surface area contributed by atoms with Crippen molar-refractivity contribution in [3.05, 3.63) is 46.5 Å². The van der Waals surface area contributed by atoms with Gasteiger partial charge in [0.15, 0.2) is 15.0 Å². The zero-order valence-electron chi connectivity index (χ0n) is 13.4. The van der Waals surface area contributed by atoms with Gasteiger partial charge in [0.1, 0.15) is 0 Å². The van der Waals surface area contributed by atoms with E-state index in [2.05, 4.69) is 10.3 Å². The predicted molar refractivity (Wildman–Crippen MR) is 91.8 cm³/mol. The first-order chi connectivity index (χ1) is 12.1. The molecule has 10 heteroatoms. The minimum atomic E-state index is -4.40. The van der Waals surface area contributed by atoms with Crippen LogP contribution in [0.25, 0.3) is 0 Å². The normalized spacial score (nSPS) is 19.4. The van der Waals surface area contributed by atoms with Crippen LogP contribution in [0.3, 0.4) is 0 Å². The van der Waals surface area contributed by atoms with Gasteiger partial charge in [0.25, 0.3) is 0 Å². The third kappa shape index (κ3) is 4.61. The second-order valence-electron chi connectivity index (χ2n) is 6.10. The molecule has 3 rings (SSSR count). The summed E-state index contributed by atoms with van der Waals surface area (Å²) in [6.07, 6.45) is -2.36. The molecule has 2 heterocycles. The Balaban J connectivity index is 1.64. The fourth-order valence-corrected chi connectivity index (χ4v) is 5.31. The van der Waals surface area contributed by atoms with Crippen molar-refractivity contribution in [3.8, 4) is 0 Å². The number of thiazole rings is 1. The van der Waals surface area contributed by atoms with Gasteiger partial charge in [-0.2, -0.15) is 13.2 Å². The average molecular weight is 404 g/mol. The summed E-state index contributed by atoms with van der Waals surface area (Å²) in [5, 5.41) is 2.89. The lowest BCUT2D eigenvalue weighted by Crippen LogP contribution is -2.23. The molecule has 26 heavy (non-hydrogen) atoms. The van der Waals surface area contributed by atoms with Crippen molar-refractivity contribution in [1.82, 2.24) is 4.98 Å². The van der Waals surface area contributed by atoms with E-state index in [0.717, 1.165) is 23.5 Å². The van der Waals surface area contributed by atoms with Crippen molar-refractivity contribution in [1.29, 1.82) is 0 Å². The fourth-order valence-electron chi connectivity index (χ4n) is 2.72. The number of hydrogen-bond donors (Lipinski definition) is 1. The van der Waals surface area contributed by atoms with Gasteiger partial charge < -0.3 is 5.32 Å². The zero-order valence-corrected chi connectivity index (χ0v) is 15.0. The molecule has 1 unspecified atom stereocenters. The first-order valence-electron chi connectivity index (χ1n) is 7.74. The number of carbonyl (C=O) groups is 1. The second-order valence-corrected chi connectivity index (χ2v) is 9.44. The van der Waals surface area contributed by atoms with Gasteiger partial charge in [-0.25, -0.2) is 13.4 Å². The molecule has 1 amide bonds. The maximum absolute atomic E-state index is 12.8. The Kier molecular flexibility index (Phi) is 5.07. The third-order valence-electron chi connectivity index (χ3n) is 4.02. The summed E-state index contributed by atoms with van der Waals surface area (Å²) in [6.45, 7) is 0. The molecule has 140 valence electrons. The molecule has 1 aliphatic heterocycles. The van der Waals surface area contributed by atoms with Gasteiger partial charge >= 0.3 is 6.18 Å². The molecule has 1 N–H and O–H groups in total. The summed E-state index contributed by atoms with van der Waals surface area (Å²) in [4.78, 5) is 16.8. The number of amides is 1. The summed E-state index contributed by atoms with van der Waals surface area (Å²) < 4.78 is 61.1. The van der Waals surface area contributed by atoms with Crippen molar-refractivity contribution in [2.45, 2.75) is 19.0 Å². The Morgan fingerprint density at radius 1 is 1.35 bits per heavy atom. The molecule has 0 bridgehead atoms. The van der Waals surface area contributed by atoms with E-state index in [-0.39, 0.29) is 24.3 Å². The molecule has 0 aliphatic carbocycles. The second kappa shape index (κ2) is 6.99. The van der Waals surface area contributed by atoms with Gasteiger partial charge in [-0.15, -0.1) is 11.3 Å². The molecule has 0 saturated carbocycles. The number of anilines is 1. The number of carbonyl (C=O) groups excluding carboxylic acids is 1. The molecule has 1 fully saturated rings. The van der Waals surface area contributed by atoms with Crippen LogP contribution in [0.4, 0.5) is 18.3 Å². The van der Waals surface area contributed by atoms with Crippen LogP contribution in [0.1, 0.15) is 22.4 Å². The summed E-state index contributed by atoms with van der Waals surface area (Å²) in [5.74, 6) is -1.15. The minimum absolute atomic E-state index is 0.00372. The Hall–Kier alpha value is -1.94. The third-order valence-corrected chi connectivity index (χ3v) is 6.70. The smallest absolute Gasteiger partial charge is 0.302 e. The molecule has 0 radical (unpaired) electrons. The van der Waals surface area contributed by atoms with E-state index in [1.807, 2.05) is 0 Å². The SMILES string of the molecule is O=C(Nc1ncc(Cc2cccc(C(F)(F)F)c2)s1)C1CCS(=O)(=O)C1. The van der Waals surface area contributed by atoms with Gasteiger partial charge in [0.05, 0.1) is 23.0 Å². The molecule has 1 aliphatic rings. The summed E-state index contributed by atoms with van der Waals surface area (Å²) in [6, 6.07) is 5.04. The van der Waals surface area contributed by atoms with E-state index >= 15 is 0 Å². The first kappa shape index (κ1) is 18.8. The van der Waals surface area contributed by atoms with Gasteiger partial charge in [0.2, 0.25) is 5.91 Å². The number of nitrogens with one attached hydrogen (secondary N) is 1. The summed E-state index contributed by atoms with van der Waals surface area (Å²) in [5.41, 5.74) is -0.223. The number of aromatic nitrogens is 1. The van der Waals surface area contributed by atoms with Gasteiger partial charge in [-0.05, 0) is 18.1 Å². The predicted octanol–water partition coefficient (Wildman–Crippen LogP) is 3.13. The number of alkyl halides is 3. The topological polar surface area (TPSA) is 76.1 Å². The molecule has 5 nitrogen and oxygen atoms in total. The van der Waals surface area contributed by atoms with Crippen LogP contribution in [0, 0.1) is 5.92 Å². The molecule has 1 saturated heterocycles. The summed E-state index contributed by atoms with van der Waals surface area (Å²) in [7, 11) is -3.15. The van der Waals surface area contributed by atoms with Crippen molar-refractivity contribution >= 4 is 32.2 Å². The van der Waals surface area contributed by atoms with Gasteiger partial charge in [-0.3, -0.25) is 4.79 Å². The fraction of sp³-hybridized carbons (Fsp3) is 0.375. The zero-order chi connectivity index (χ0) is 18.9. The highest BCUT2D eigenvalue weighted by Gasteiger charge is 2.33. The Labute approximate surface area is 152 Å². The van der Waals surface area contributed by atoms with E-state index in [0.29, 0.717) is 15.6 Å².